The molecule has 2 aromatic rings. The monoisotopic (exact) mass is 448 g/mol. The van der Waals surface area contributed by atoms with Crippen LogP contribution in [0.4, 0.5) is 5.69 Å². The minimum absolute atomic E-state index is 0.0816. The lowest BCUT2D eigenvalue weighted by atomic mass is 9.96. The topological polar surface area (TPSA) is 66.9 Å². The maximum absolute atomic E-state index is 13.5. The lowest BCUT2D eigenvalue weighted by molar-refractivity contribution is 0.0730. The standard InChI is InChI=1S/C22H25ClN2O4S/c1-2-16-5-3-6-17-7-4-10-25(21(16)17)22(26)19-15-18(8-9-20(19)23)30(27,28)24-11-13-29-14-12-24/h3,5-6,8-9,15H,2,4,7,10-14H2,1H3. The minimum Gasteiger partial charge on any atom is -0.379 e. The highest BCUT2D eigenvalue weighted by Crippen LogP contribution is 2.34. The fraction of sp³-hybridized carbons (Fsp3) is 0.409. The van der Waals surface area contributed by atoms with Gasteiger partial charge in [0.25, 0.3) is 5.91 Å². The van der Waals surface area contributed by atoms with E-state index in [4.69, 9.17) is 16.3 Å². The molecule has 30 heavy (non-hydrogen) atoms. The van der Waals surface area contributed by atoms with E-state index in [-0.39, 0.29) is 21.4 Å². The van der Waals surface area contributed by atoms with Gasteiger partial charge in [-0.15, -0.1) is 0 Å². The van der Waals surface area contributed by atoms with E-state index < -0.39 is 10.0 Å². The van der Waals surface area contributed by atoms with Crippen molar-refractivity contribution in [2.24, 2.45) is 0 Å². The first-order valence-corrected chi connectivity index (χ1v) is 12.1. The van der Waals surface area contributed by atoms with Gasteiger partial charge in [0.15, 0.2) is 0 Å². The van der Waals surface area contributed by atoms with E-state index in [1.807, 2.05) is 12.1 Å². The third kappa shape index (κ3) is 3.87. The summed E-state index contributed by atoms with van der Waals surface area (Å²) in [6.07, 6.45) is 2.59. The number of carbonyl (C=O) groups excluding carboxylic acids is 1. The number of hydrogen-bond acceptors (Lipinski definition) is 4. The number of ether oxygens (including phenoxy) is 1. The zero-order valence-corrected chi connectivity index (χ0v) is 18.5. The number of rotatable bonds is 4. The summed E-state index contributed by atoms with van der Waals surface area (Å²) in [5, 5.41) is 0.252. The fourth-order valence-corrected chi connectivity index (χ4v) is 5.76. The van der Waals surface area contributed by atoms with E-state index in [0.717, 1.165) is 36.1 Å². The Morgan fingerprint density at radius 3 is 2.63 bits per heavy atom. The molecule has 0 bridgehead atoms. The van der Waals surface area contributed by atoms with Crippen molar-refractivity contribution in [2.45, 2.75) is 31.1 Å². The van der Waals surface area contributed by atoms with Crippen molar-refractivity contribution < 1.29 is 17.9 Å². The van der Waals surface area contributed by atoms with Crippen molar-refractivity contribution in [3.8, 4) is 0 Å². The molecule has 0 unspecified atom stereocenters. The van der Waals surface area contributed by atoms with Crippen LogP contribution in [0.2, 0.25) is 5.02 Å². The molecule has 0 radical (unpaired) electrons. The van der Waals surface area contributed by atoms with Crippen molar-refractivity contribution in [1.82, 2.24) is 4.31 Å². The molecule has 0 aromatic heterocycles. The number of para-hydroxylation sites is 1. The summed E-state index contributed by atoms with van der Waals surface area (Å²) in [6, 6.07) is 10.5. The zero-order valence-electron chi connectivity index (χ0n) is 16.9. The quantitative estimate of drug-likeness (QED) is 0.717. The average Bonchev–Trinajstić information content (AvgIpc) is 2.78. The normalized spacial score (nSPS) is 17.6. The number of benzene rings is 2. The van der Waals surface area contributed by atoms with E-state index in [9.17, 15) is 13.2 Å². The summed E-state index contributed by atoms with van der Waals surface area (Å²) >= 11 is 6.37. The molecule has 160 valence electrons. The van der Waals surface area contributed by atoms with Gasteiger partial charge >= 0.3 is 0 Å². The van der Waals surface area contributed by atoms with Crippen molar-refractivity contribution in [1.29, 1.82) is 0 Å². The van der Waals surface area contributed by atoms with Crippen LogP contribution in [0.15, 0.2) is 41.3 Å². The second-order valence-electron chi connectivity index (χ2n) is 7.50. The predicted molar refractivity (Wildman–Crippen MR) is 117 cm³/mol. The lowest BCUT2D eigenvalue weighted by Gasteiger charge is -2.32. The van der Waals surface area contributed by atoms with Crippen LogP contribution in [0, 0.1) is 0 Å². The third-order valence-electron chi connectivity index (χ3n) is 5.70. The summed E-state index contributed by atoms with van der Waals surface area (Å²) in [5.41, 5.74) is 3.40. The Morgan fingerprint density at radius 2 is 1.90 bits per heavy atom. The molecule has 2 heterocycles. The number of carbonyl (C=O) groups is 1. The van der Waals surface area contributed by atoms with E-state index in [1.165, 1.54) is 22.5 Å². The molecular formula is C22H25ClN2O4S. The minimum atomic E-state index is -3.71. The number of halogens is 1. The van der Waals surface area contributed by atoms with Gasteiger partial charge in [-0.3, -0.25) is 4.79 Å². The number of nitrogens with zero attached hydrogens (tertiary/aromatic N) is 2. The van der Waals surface area contributed by atoms with E-state index in [0.29, 0.717) is 32.8 Å². The SMILES string of the molecule is CCc1cccc2c1N(C(=O)c1cc(S(=O)(=O)N3CCOCC3)ccc1Cl)CCC2. The summed E-state index contributed by atoms with van der Waals surface area (Å²) < 4.78 is 32.7. The van der Waals surface area contributed by atoms with Crippen LogP contribution in [-0.4, -0.2) is 51.5 Å². The molecular weight excluding hydrogens is 424 g/mol. The van der Waals surface area contributed by atoms with Gasteiger partial charge in [-0.25, -0.2) is 8.42 Å². The van der Waals surface area contributed by atoms with Gasteiger partial charge in [-0.1, -0.05) is 36.7 Å². The summed E-state index contributed by atoms with van der Waals surface area (Å²) in [7, 11) is -3.71. The van der Waals surface area contributed by atoms with Crippen LogP contribution in [0.25, 0.3) is 0 Å². The number of anilines is 1. The Hall–Kier alpha value is -1.93. The first-order valence-electron chi connectivity index (χ1n) is 10.2. The van der Waals surface area contributed by atoms with E-state index in [1.54, 1.807) is 4.90 Å². The smallest absolute Gasteiger partial charge is 0.259 e. The Labute approximate surface area is 182 Å². The number of sulfonamides is 1. The molecule has 2 aliphatic heterocycles. The van der Waals surface area contributed by atoms with Crippen LogP contribution < -0.4 is 4.90 Å². The van der Waals surface area contributed by atoms with Crippen LogP contribution in [0.5, 0.6) is 0 Å². The first-order chi connectivity index (χ1) is 14.4. The highest BCUT2D eigenvalue weighted by molar-refractivity contribution is 7.89. The Bertz CT molecular complexity index is 1050. The Kier molecular flexibility index (Phi) is 6.16. The number of morpholine rings is 1. The number of fused-ring (bicyclic) bond motifs is 1. The second kappa shape index (κ2) is 8.67. The first kappa shape index (κ1) is 21.3. The predicted octanol–water partition coefficient (Wildman–Crippen LogP) is 3.52. The molecule has 0 spiro atoms. The molecule has 0 atom stereocenters. The van der Waals surface area contributed by atoms with Gasteiger partial charge in [0.05, 0.1) is 34.4 Å². The highest BCUT2D eigenvalue weighted by atomic mass is 35.5. The van der Waals surface area contributed by atoms with Crippen molar-refractivity contribution in [3.63, 3.8) is 0 Å². The van der Waals surface area contributed by atoms with Gasteiger partial charge in [-0.05, 0) is 48.6 Å². The maximum Gasteiger partial charge on any atom is 0.259 e. The molecule has 2 aliphatic rings. The van der Waals surface area contributed by atoms with Crippen molar-refractivity contribution in [3.05, 3.63) is 58.1 Å². The molecule has 6 nitrogen and oxygen atoms in total. The van der Waals surface area contributed by atoms with Crippen LogP contribution >= 0.6 is 11.6 Å². The average molecular weight is 449 g/mol. The molecule has 4 rings (SSSR count). The molecule has 1 saturated heterocycles. The molecule has 2 aromatic carbocycles. The van der Waals surface area contributed by atoms with E-state index in [2.05, 4.69) is 13.0 Å². The van der Waals surface area contributed by atoms with Crippen LogP contribution in [0.1, 0.15) is 34.8 Å². The number of aryl methyl sites for hydroxylation is 2. The van der Waals surface area contributed by atoms with E-state index >= 15 is 0 Å². The molecule has 0 N–H and O–H groups in total. The Morgan fingerprint density at radius 1 is 1.13 bits per heavy atom. The van der Waals surface area contributed by atoms with Gasteiger partial charge < -0.3 is 9.64 Å². The highest BCUT2D eigenvalue weighted by Gasteiger charge is 2.30. The van der Waals surface area contributed by atoms with Gasteiger partial charge in [-0.2, -0.15) is 4.31 Å². The van der Waals surface area contributed by atoms with Gasteiger partial charge in [0.2, 0.25) is 10.0 Å². The number of hydrogen-bond donors (Lipinski definition) is 0. The molecule has 1 fully saturated rings. The summed E-state index contributed by atoms with van der Waals surface area (Å²) in [4.78, 5) is 15.4. The molecule has 1 amide bonds. The molecule has 0 saturated carbocycles. The van der Waals surface area contributed by atoms with Crippen molar-refractivity contribution >= 4 is 33.2 Å². The molecule has 0 aliphatic carbocycles. The lowest BCUT2D eigenvalue weighted by Crippen LogP contribution is -2.40. The third-order valence-corrected chi connectivity index (χ3v) is 7.93. The zero-order chi connectivity index (χ0) is 21.3. The van der Waals surface area contributed by atoms with Crippen LogP contribution in [-0.2, 0) is 27.6 Å². The van der Waals surface area contributed by atoms with Gasteiger partial charge in [0, 0.05) is 19.6 Å². The maximum atomic E-state index is 13.5. The largest absolute Gasteiger partial charge is 0.379 e. The molecule has 8 heteroatoms. The summed E-state index contributed by atoms with van der Waals surface area (Å²) in [6.45, 7) is 3.97. The van der Waals surface area contributed by atoms with Crippen molar-refractivity contribution in [2.75, 3.05) is 37.7 Å². The fourth-order valence-electron chi connectivity index (χ4n) is 4.13. The number of amides is 1. The second-order valence-corrected chi connectivity index (χ2v) is 9.84. The van der Waals surface area contributed by atoms with Gasteiger partial charge in [0.1, 0.15) is 0 Å². The van der Waals surface area contributed by atoms with Crippen LogP contribution in [0.3, 0.4) is 0 Å². The summed E-state index contributed by atoms with van der Waals surface area (Å²) in [5.74, 6) is -0.263. The Balaban J connectivity index is 1.72.